The van der Waals surface area contributed by atoms with E-state index in [2.05, 4.69) is 47.8 Å². The molecule has 5 rings (SSSR count). The molecule has 2 aliphatic heterocycles. The van der Waals surface area contributed by atoms with Crippen molar-refractivity contribution in [2.45, 2.75) is 52.7 Å². The van der Waals surface area contributed by atoms with Gasteiger partial charge in [-0.2, -0.15) is 0 Å². The largest absolute Gasteiger partial charge is 0.378 e. The zero-order valence-electron chi connectivity index (χ0n) is 20.8. The minimum absolute atomic E-state index is 0.171. The molecule has 0 amide bonds. The van der Waals surface area contributed by atoms with Crippen LogP contribution in [0.4, 0.5) is 11.6 Å². The monoisotopic (exact) mass is 484 g/mol. The Morgan fingerprint density at radius 3 is 2.68 bits per heavy atom. The Balaban J connectivity index is 1.60. The van der Waals surface area contributed by atoms with E-state index in [0.717, 1.165) is 92.0 Å². The predicted molar refractivity (Wildman–Crippen MR) is 139 cm³/mol. The van der Waals surface area contributed by atoms with Crippen molar-refractivity contribution in [3.63, 3.8) is 0 Å². The average Bonchev–Trinajstić information content (AvgIpc) is 3.26. The van der Waals surface area contributed by atoms with Crippen LogP contribution in [0.3, 0.4) is 0 Å². The first-order chi connectivity index (χ1) is 16.6. The maximum absolute atomic E-state index is 6.39. The molecule has 8 nitrogen and oxygen atoms in total. The summed E-state index contributed by atoms with van der Waals surface area (Å²) in [5, 5.41) is 4.76. The zero-order chi connectivity index (χ0) is 23.7. The van der Waals surface area contributed by atoms with E-state index in [1.54, 1.807) is 17.7 Å². The molecule has 3 aromatic rings. The molecule has 0 spiro atoms. The van der Waals surface area contributed by atoms with Crippen LogP contribution in [0.25, 0.3) is 20.4 Å². The molecule has 1 saturated heterocycles. The maximum atomic E-state index is 6.39. The minimum Gasteiger partial charge on any atom is -0.378 e. The van der Waals surface area contributed by atoms with Gasteiger partial charge in [-0.05, 0) is 32.0 Å². The Bertz CT molecular complexity index is 1160. The molecule has 0 radical (unpaired) electrons. The fourth-order valence-corrected chi connectivity index (χ4v) is 6.10. The van der Waals surface area contributed by atoms with Crippen LogP contribution in [0.15, 0.2) is 6.33 Å². The summed E-state index contributed by atoms with van der Waals surface area (Å²) in [5.74, 6) is 1.96. The number of aromatic nitrogens is 3. The van der Waals surface area contributed by atoms with Crippen LogP contribution in [0.1, 0.15) is 45.2 Å². The molecule has 1 atom stereocenters. The highest BCUT2D eigenvalue weighted by molar-refractivity contribution is 7.26. The Hall–Kier alpha value is -2.07. The first-order valence-corrected chi connectivity index (χ1v) is 13.4. The van der Waals surface area contributed by atoms with Crippen LogP contribution in [0.2, 0.25) is 0 Å². The van der Waals surface area contributed by atoms with Gasteiger partial charge in [-0.3, -0.25) is 0 Å². The minimum atomic E-state index is -0.171. The number of morpholine rings is 1. The number of rotatable bonds is 8. The third-order valence-electron chi connectivity index (χ3n) is 7.39. The standard InChI is InChI=1S/C25H36N6O2S/c1-5-25(4)14-17-18(15-33-25)23(31-10-12-32-13-11-31)29-24-19(17)20-21(34-24)22(28-16-27-20)26-8-9-30(6-2)7-3/h16H,5-15H2,1-4H3,(H,26,27,28). The fourth-order valence-electron chi connectivity index (χ4n) is 4.98. The third-order valence-corrected chi connectivity index (χ3v) is 8.47. The highest BCUT2D eigenvalue weighted by Gasteiger charge is 2.35. The quantitative estimate of drug-likeness (QED) is 0.513. The average molecular weight is 485 g/mol. The van der Waals surface area contributed by atoms with Crippen LogP contribution < -0.4 is 10.2 Å². The number of pyridine rings is 1. The van der Waals surface area contributed by atoms with Crippen molar-refractivity contribution in [3.8, 4) is 0 Å². The molecule has 1 fully saturated rings. The van der Waals surface area contributed by atoms with Gasteiger partial charge >= 0.3 is 0 Å². The van der Waals surface area contributed by atoms with Gasteiger partial charge in [0.25, 0.3) is 0 Å². The van der Waals surface area contributed by atoms with Crippen molar-refractivity contribution in [3.05, 3.63) is 17.5 Å². The van der Waals surface area contributed by atoms with Crippen LogP contribution in [-0.4, -0.2) is 77.9 Å². The van der Waals surface area contributed by atoms with Crippen molar-refractivity contribution in [2.75, 3.05) is 62.7 Å². The van der Waals surface area contributed by atoms with Gasteiger partial charge in [0, 0.05) is 43.5 Å². The molecular weight excluding hydrogens is 448 g/mol. The van der Waals surface area contributed by atoms with Gasteiger partial charge in [0.05, 0.1) is 35.6 Å². The molecule has 9 heteroatoms. The van der Waals surface area contributed by atoms with Gasteiger partial charge in [0.15, 0.2) is 0 Å². The summed E-state index contributed by atoms with van der Waals surface area (Å²) in [6, 6.07) is 0. The van der Waals surface area contributed by atoms with Gasteiger partial charge < -0.3 is 24.6 Å². The van der Waals surface area contributed by atoms with Gasteiger partial charge in [-0.1, -0.05) is 20.8 Å². The second-order valence-corrected chi connectivity index (χ2v) is 10.4. The summed E-state index contributed by atoms with van der Waals surface area (Å²) in [5.41, 5.74) is 3.41. The highest BCUT2D eigenvalue weighted by atomic mass is 32.1. The first kappa shape index (κ1) is 23.7. The van der Waals surface area contributed by atoms with Crippen molar-refractivity contribution < 1.29 is 9.47 Å². The van der Waals surface area contributed by atoms with Gasteiger partial charge in [-0.15, -0.1) is 11.3 Å². The SMILES string of the molecule is CCN(CC)CCNc1ncnc2c1sc1nc(N3CCOCC3)c3c(c12)CC(C)(CC)OC3. The summed E-state index contributed by atoms with van der Waals surface area (Å²) >= 11 is 1.71. The lowest BCUT2D eigenvalue weighted by atomic mass is 9.87. The van der Waals surface area contributed by atoms with E-state index < -0.39 is 0 Å². The number of nitrogens with zero attached hydrogens (tertiary/aromatic N) is 5. The number of nitrogens with one attached hydrogen (secondary N) is 1. The Morgan fingerprint density at radius 2 is 1.94 bits per heavy atom. The Morgan fingerprint density at radius 1 is 1.15 bits per heavy atom. The Labute approximate surface area is 205 Å². The van der Waals surface area contributed by atoms with Gasteiger partial charge in [0.2, 0.25) is 0 Å². The molecular formula is C25H36N6O2S. The van der Waals surface area contributed by atoms with Crippen LogP contribution >= 0.6 is 11.3 Å². The van der Waals surface area contributed by atoms with E-state index in [0.29, 0.717) is 6.61 Å². The molecule has 184 valence electrons. The predicted octanol–water partition coefficient (Wildman–Crippen LogP) is 4.07. The normalized spacial score (nSPS) is 20.9. The number of thiophene rings is 1. The number of fused-ring (bicyclic) bond motifs is 5. The Kier molecular flexibility index (Phi) is 6.88. The molecule has 2 aliphatic rings. The number of likely N-dealkylation sites (N-methyl/N-ethyl adjacent to an activating group) is 1. The summed E-state index contributed by atoms with van der Waals surface area (Å²) in [6.45, 7) is 16.6. The molecule has 0 aliphatic carbocycles. The highest BCUT2D eigenvalue weighted by Crippen LogP contribution is 2.44. The molecule has 34 heavy (non-hydrogen) atoms. The lowest BCUT2D eigenvalue weighted by Gasteiger charge is -2.37. The molecule has 0 aromatic carbocycles. The lowest BCUT2D eigenvalue weighted by Crippen LogP contribution is -2.40. The first-order valence-electron chi connectivity index (χ1n) is 12.6. The van der Waals surface area contributed by atoms with Crippen molar-refractivity contribution in [1.29, 1.82) is 0 Å². The van der Waals surface area contributed by atoms with E-state index in [4.69, 9.17) is 19.4 Å². The van der Waals surface area contributed by atoms with Crippen LogP contribution in [-0.2, 0) is 22.5 Å². The van der Waals surface area contributed by atoms with E-state index in [9.17, 15) is 0 Å². The summed E-state index contributed by atoms with van der Waals surface area (Å²) in [4.78, 5) is 20.4. The molecule has 1 N–H and O–H groups in total. The van der Waals surface area contributed by atoms with Crippen LogP contribution in [0, 0.1) is 0 Å². The summed E-state index contributed by atoms with van der Waals surface area (Å²) < 4.78 is 13.1. The zero-order valence-corrected chi connectivity index (χ0v) is 21.6. The number of hydrogen-bond acceptors (Lipinski definition) is 9. The molecule has 0 saturated carbocycles. The summed E-state index contributed by atoms with van der Waals surface area (Å²) in [6.07, 6.45) is 3.53. The smallest absolute Gasteiger partial charge is 0.147 e. The van der Waals surface area contributed by atoms with Crippen LogP contribution in [0.5, 0.6) is 0 Å². The number of hydrogen-bond donors (Lipinski definition) is 1. The fraction of sp³-hybridized carbons (Fsp3) is 0.640. The van der Waals surface area contributed by atoms with E-state index in [1.807, 2.05) is 0 Å². The second-order valence-electron chi connectivity index (χ2n) is 9.40. The van der Waals surface area contributed by atoms with Gasteiger partial charge in [-0.25, -0.2) is 15.0 Å². The van der Waals surface area contributed by atoms with Gasteiger partial charge in [0.1, 0.15) is 22.8 Å². The molecule has 1 unspecified atom stereocenters. The lowest BCUT2D eigenvalue weighted by molar-refractivity contribution is -0.0558. The van der Waals surface area contributed by atoms with E-state index >= 15 is 0 Å². The second kappa shape index (κ2) is 9.89. The van der Waals surface area contributed by atoms with E-state index in [-0.39, 0.29) is 5.60 Å². The van der Waals surface area contributed by atoms with E-state index in [1.165, 1.54) is 16.5 Å². The number of anilines is 2. The van der Waals surface area contributed by atoms with Crippen molar-refractivity contribution in [1.82, 2.24) is 19.9 Å². The third kappa shape index (κ3) is 4.34. The topological polar surface area (TPSA) is 75.6 Å². The number of ether oxygens (including phenoxy) is 2. The molecule has 5 heterocycles. The maximum Gasteiger partial charge on any atom is 0.147 e. The summed E-state index contributed by atoms with van der Waals surface area (Å²) in [7, 11) is 0. The molecule has 3 aromatic heterocycles. The molecule has 0 bridgehead atoms. The van der Waals surface area contributed by atoms with Crippen molar-refractivity contribution in [2.24, 2.45) is 0 Å². The van der Waals surface area contributed by atoms with Crippen molar-refractivity contribution >= 4 is 43.4 Å².